The van der Waals surface area contributed by atoms with E-state index in [1.165, 1.54) is 10.9 Å². The Bertz CT molecular complexity index is 898. The van der Waals surface area contributed by atoms with Crippen molar-refractivity contribution < 1.29 is 4.79 Å². The first-order valence-corrected chi connectivity index (χ1v) is 7.96. The molecule has 0 spiro atoms. The van der Waals surface area contributed by atoms with E-state index in [1.54, 1.807) is 10.9 Å². The van der Waals surface area contributed by atoms with Crippen molar-refractivity contribution in [3.63, 3.8) is 0 Å². The van der Waals surface area contributed by atoms with E-state index in [0.717, 1.165) is 18.5 Å². The van der Waals surface area contributed by atoms with Crippen LogP contribution in [-0.4, -0.2) is 32.0 Å². The third-order valence-corrected chi connectivity index (χ3v) is 3.74. The Hall–Kier alpha value is -2.96. The number of unbranched alkanes of at least 4 members (excludes halogenated alkanes) is 1. The van der Waals surface area contributed by atoms with Crippen molar-refractivity contribution in [1.29, 1.82) is 0 Å². The smallest absolute Gasteiger partial charge is 0.278 e. The number of para-hydroxylation sites is 1. The van der Waals surface area contributed by atoms with Gasteiger partial charge in [0.2, 0.25) is 5.91 Å². The summed E-state index contributed by atoms with van der Waals surface area (Å²) in [7, 11) is 0. The van der Waals surface area contributed by atoms with Crippen LogP contribution in [0.15, 0.2) is 47.5 Å². The van der Waals surface area contributed by atoms with Gasteiger partial charge in [-0.25, -0.2) is 9.36 Å². The normalized spacial score (nSPS) is 10.9. The number of rotatable bonds is 6. The van der Waals surface area contributed by atoms with Gasteiger partial charge in [-0.3, -0.25) is 9.59 Å². The second-order valence-electron chi connectivity index (χ2n) is 5.50. The number of carbonyl (C=O) groups is 1. The molecule has 3 rings (SSSR count). The molecular weight excluding hydrogens is 306 g/mol. The van der Waals surface area contributed by atoms with Crippen molar-refractivity contribution in [3.8, 4) is 5.69 Å². The van der Waals surface area contributed by atoms with E-state index < -0.39 is 0 Å². The highest BCUT2D eigenvalue weighted by Crippen LogP contribution is 2.14. The predicted molar refractivity (Wildman–Crippen MR) is 91.0 cm³/mol. The Kier molecular flexibility index (Phi) is 4.69. The lowest BCUT2D eigenvalue weighted by molar-refractivity contribution is -0.121. The first-order chi connectivity index (χ1) is 11.7. The van der Waals surface area contributed by atoms with Gasteiger partial charge in [0.15, 0.2) is 0 Å². The monoisotopic (exact) mass is 325 g/mol. The van der Waals surface area contributed by atoms with Crippen LogP contribution in [0.3, 0.4) is 0 Å². The number of benzene rings is 1. The van der Waals surface area contributed by atoms with Crippen LogP contribution in [0.25, 0.3) is 16.6 Å². The summed E-state index contributed by atoms with van der Waals surface area (Å²) in [5.41, 5.74) is 1.15. The molecule has 0 saturated carbocycles. The van der Waals surface area contributed by atoms with E-state index in [1.807, 2.05) is 30.3 Å². The molecule has 0 atom stereocenters. The fraction of sp³-hybridized carbons (Fsp3) is 0.294. The Morgan fingerprint density at radius 3 is 2.71 bits per heavy atom. The topological polar surface area (TPSA) is 81.8 Å². The number of aromatic nitrogens is 4. The first kappa shape index (κ1) is 15.9. The summed E-state index contributed by atoms with van der Waals surface area (Å²) < 4.78 is 2.83. The van der Waals surface area contributed by atoms with Crippen molar-refractivity contribution in [2.24, 2.45) is 0 Å². The molecule has 1 amide bonds. The van der Waals surface area contributed by atoms with Crippen LogP contribution in [-0.2, 0) is 11.3 Å². The van der Waals surface area contributed by atoms with Gasteiger partial charge < -0.3 is 5.32 Å². The van der Waals surface area contributed by atoms with Crippen LogP contribution in [0.4, 0.5) is 0 Å². The highest BCUT2D eigenvalue weighted by atomic mass is 16.2. The number of hydrogen-bond acceptors (Lipinski definition) is 4. The average molecular weight is 325 g/mol. The van der Waals surface area contributed by atoms with Crippen molar-refractivity contribution in [2.45, 2.75) is 26.3 Å². The zero-order chi connectivity index (χ0) is 16.9. The molecule has 0 radical (unpaired) electrons. The van der Waals surface area contributed by atoms with Crippen LogP contribution in [0.1, 0.15) is 19.8 Å². The summed E-state index contributed by atoms with van der Waals surface area (Å²) in [5, 5.41) is 11.6. The Labute approximate surface area is 138 Å². The molecule has 0 unspecified atom stereocenters. The molecule has 1 N–H and O–H groups in total. The van der Waals surface area contributed by atoms with Gasteiger partial charge in [0, 0.05) is 6.54 Å². The molecule has 3 aromatic rings. The number of fused-ring (bicyclic) bond motifs is 1. The summed E-state index contributed by atoms with van der Waals surface area (Å²) >= 11 is 0. The zero-order valence-electron chi connectivity index (χ0n) is 13.5. The van der Waals surface area contributed by atoms with Crippen LogP contribution in [0, 0.1) is 0 Å². The first-order valence-electron chi connectivity index (χ1n) is 7.96. The van der Waals surface area contributed by atoms with Gasteiger partial charge >= 0.3 is 0 Å². The van der Waals surface area contributed by atoms with Gasteiger partial charge in [-0.1, -0.05) is 31.5 Å². The van der Waals surface area contributed by atoms with Gasteiger partial charge in [0.25, 0.3) is 5.56 Å². The predicted octanol–water partition coefficient (Wildman–Crippen LogP) is 1.50. The number of hydrogen-bond donors (Lipinski definition) is 1. The van der Waals surface area contributed by atoms with Gasteiger partial charge in [-0.2, -0.15) is 10.2 Å². The fourth-order valence-electron chi connectivity index (χ4n) is 2.45. The van der Waals surface area contributed by atoms with Gasteiger partial charge in [0.05, 0.1) is 29.0 Å². The molecule has 1 aromatic carbocycles. The van der Waals surface area contributed by atoms with Crippen molar-refractivity contribution >= 4 is 16.8 Å². The Morgan fingerprint density at radius 2 is 1.96 bits per heavy atom. The molecule has 0 bridgehead atoms. The molecule has 0 aliphatic rings. The van der Waals surface area contributed by atoms with E-state index in [-0.39, 0.29) is 18.0 Å². The zero-order valence-corrected chi connectivity index (χ0v) is 13.5. The molecule has 0 saturated heterocycles. The lowest BCUT2D eigenvalue weighted by Crippen LogP contribution is -2.34. The van der Waals surface area contributed by atoms with Gasteiger partial charge in [-0.05, 0) is 18.6 Å². The SMILES string of the molecule is CCCCNC(=O)Cn1ncc2c(cnn2-c2ccccc2)c1=O. The molecule has 124 valence electrons. The molecule has 24 heavy (non-hydrogen) atoms. The third-order valence-electron chi connectivity index (χ3n) is 3.74. The van der Waals surface area contributed by atoms with E-state index in [2.05, 4.69) is 22.4 Å². The van der Waals surface area contributed by atoms with Gasteiger partial charge in [-0.15, -0.1) is 0 Å². The van der Waals surface area contributed by atoms with Gasteiger partial charge in [0.1, 0.15) is 6.54 Å². The summed E-state index contributed by atoms with van der Waals surface area (Å²) in [6.45, 7) is 2.57. The number of amides is 1. The standard InChI is InChI=1S/C17H19N5O2/c1-2-3-9-18-16(23)12-21-17(24)14-10-20-22(15(14)11-19-21)13-7-5-4-6-8-13/h4-8,10-11H,2-3,9,12H2,1H3,(H,18,23). The second-order valence-corrected chi connectivity index (χ2v) is 5.50. The molecule has 7 heteroatoms. The highest BCUT2D eigenvalue weighted by molar-refractivity contribution is 5.79. The Morgan fingerprint density at radius 1 is 1.17 bits per heavy atom. The van der Waals surface area contributed by atoms with Crippen molar-refractivity contribution in [2.75, 3.05) is 6.54 Å². The van der Waals surface area contributed by atoms with E-state index in [4.69, 9.17) is 0 Å². The van der Waals surface area contributed by atoms with Crippen LogP contribution in [0.2, 0.25) is 0 Å². The Balaban J connectivity index is 1.87. The van der Waals surface area contributed by atoms with Crippen molar-refractivity contribution in [3.05, 3.63) is 53.1 Å². The minimum absolute atomic E-state index is 0.0883. The molecule has 0 aliphatic carbocycles. The number of carbonyl (C=O) groups excluding carboxylic acids is 1. The maximum Gasteiger partial charge on any atom is 0.278 e. The van der Waals surface area contributed by atoms with E-state index in [9.17, 15) is 9.59 Å². The molecule has 7 nitrogen and oxygen atoms in total. The second kappa shape index (κ2) is 7.08. The number of nitrogens with one attached hydrogen (secondary N) is 1. The molecule has 2 aromatic heterocycles. The van der Waals surface area contributed by atoms with Crippen LogP contribution >= 0.6 is 0 Å². The average Bonchev–Trinajstić information content (AvgIpc) is 3.03. The summed E-state index contributed by atoms with van der Waals surface area (Å²) in [5.74, 6) is -0.215. The van der Waals surface area contributed by atoms with E-state index in [0.29, 0.717) is 17.4 Å². The fourth-order valence-corrected chi connectivity index (χ4v) is 2.45. The van der Waals surface area contributed by atoms with E-state index >= 15 is 0 Å². The minimum atomic E-state index is -0.319. The minimum Gasteiger partial charge on any atom is -0.354 e. The summed E-state index contributed by atoms with van der Waals surface area (Å²) in [6.07, 6.45) is 4.99. The van der Waals surface area contributed by atoms with Crippen molar-refractivity contribution in [1.82, 2.24) is 24.9 Å². The molecule has 0 fully saturated rings. The maximum absolute atomic E-state index is 12.5. The summed E-state index contributed by atoms with van der Waals surface area (Å²) in [6, 6.07) is 9.52. The van der Waals surface area contributed by atoms with Crippen LogP contribution in [0.5, 0.6) is 0 Å². The molecule has 0 aliphatic heterocycles. The number of nitrogens with zero attached hydrogens (tertiary/aromatic N) is 4. The maximum atomic E-state index is 12.5. The third kappa shape index (κ3) is 3.19. The molecule has 2 heterocycles. The lowest BCUT2D eigenvalue weighted by atomic mass is 10.3. The lowest BCUT2D eigenvalue weighted by Gasteiger charge is -2.07. The quantitative estimate of drug-likeness (QED) is 0.696. The molecular formula is C17H19N5O2. The largest absolute Gasteiger partial charge is 0.354 e. The summed E-state index contributed by atoms with van der Waals surface area (Å²) in [4.78, 5) is 24.4. The highest BCUT2D eigenvalue weighted by Gasteiger charge is 2.12. The van der Waals surface area contributed by atoms with Crippen LogP contribution < -0.4 is 10.9 Å².